The number of hydrogen-bond donors (Lipinski definition) is 4. The Bertz CT molecular complexity index is 264. The van der Waals surface area contributed by atoms with Crippen molar-refractivity contribution in [1.82, 2.24) is 9.44 Å². The van der Waals surface area contributed by atoms with Crippen LogP contribution in [0.4, 0.5) is 0 Å². The molecular formula is C8H20N2O4S. The smallest absolute Gasteiger partial charge is 0.277 e. The van der Waals surface area contributed by atoms with Crippen molar-refractivity contribution in [2.45, 2.75) is 38.8 Å². The highest BCUT2D eigenvalue weighted by Gasteiger charge is 2.31. The summed E-state index contributed by atoms with van der Waals surface area (Å²) in [5.74, 6) is 0. The molecule has 0 spiro atoms. The van der Waals surface area contributed by atoms with E-state index in [9.17, 15) is 8.42 Å². The molecular weight excluding hydrogens is 220 g/mol. The molecule has 0 atom stereocenters. The Kier molecular flexibility index (Phi) is 5.68. The minimum atomic E-state index is -3.69. The van der Waals surface area contributed by atoms with Crippen molar-refractivity contribution >= 4 is 10.2 Å². The van der Waals surface area contributed by atoms with Gasteiger partial charge in [0.15, 0.2) is 0 Å². The fraction of sp³-hybridized carbons (Fsp3) is 1.00. The van der Waals surface area contributed by atoms with Crippen molar-refractivity contribution in [1.29, 1.82) is 0 Å². The molecule has 0 aromatic rings. The van der Waals surface area contributed by atoms with E-state index in [0.29, 0.717) is 6.42 Å². The summed E-state index contributed by atoms with van der Waals surface area (Å²) in [5.41, 5.74) is -1.19. The van der Waals surface area contributed by atoms with Crippen LogP contribution in [0.3, 0.4) is 0 Å². The van der Waals surface area contributed by atoms with E-state index in [-0.39, 0.29) is 6.04 Å². The van der Waals surface area contributed by atoms with Gasteiger partial charge in [-0.25, -0.2) is 0 Å². The Balaban J connectivity index is 4.67. The third-order valence-corrected chi connectivity index (χ3v) is 3.51. The summed E-state index contributed by atoms with van der Waals surface area (Å²) in [7, 11) is -3.69. The summed E-state index contributed by atoms with van der Waals surface area (Å²) in [5, 5.41) is 18.1. The van der Waals surface area contributed by atoms with E-state index >= 15 is 0 Å². The molecule has 0 aliphatic heterocycles. The van der Waals surface area contributed by atoms with Crippen molar-refractivity contribution in [3.8, 4) is 0 Å². The molecule has 0 rings (SSSR count). The lowest BCUT2D eigenvalue weighted by atomic mass is 10.0. The topological polar surface area (TPSA) is 98.7 Å². The summed E-state index contributed by atoms with van der Waals surface area (Å²) >= 11 is 0. The lowest BCUT2D eigenvalue weighted by Crippen LogP contribution is -2.57. The zero-order chi connectivity index (χ0) is 12.1. The zero-order valence-electron chi connectivity index (χ0n) is 9.32. The van der Waals surface area contributed by atoms with Crippen LogP contribution in [0.25, 0.3) is 0 Å². The first-order valence-corrected chi connectivity index (χ1v) is 6.32. The average Bonchev–Trinajstić information content (AvgIpc) is 2.12. The summed E-state index contributed by atoms with van der Waals surface area (Å²) < 4.78 is 27.5. The lowest BCUT2D eigenvalue weighted by Gasteiger charge is -2.29. The Morgan fingerprint density at radius 3 is 2.00 bits per heavy atom. The van der Waals surface area contributed by atoms with E-state index in [4.69, 9.17) is 10.2 Å². The van der Waals surface area contributed by atoms with Crippen molar-refractivity contribution in [3.63, 3.8) is 0 Å². The van der Waals surface area contributed by atoms with Crippen LogP contribution in [-0.2, 0) is 10.2 Å². The van der Waals surface area contributed by atoms with Gasteiger partial charge in [-0.1, -0.05) is 6.92 Å². The maximum atomic E-state index is 11.5. The first-order valence-electron chi connectivity index (χ1n) is 4.84. The van der Waals surface area contributed by atoms with Crippen LogP contribution in [-0.4, -0.2) is 43.4 Å². The average molecular weight is 240 g/mol. The largest absolute Gasteiger partial charge is 0.394 e. The van der Waals surface area contributed by atoms with Gasteiger partial charge in [0.2, 0.25) is 0 Å². The number of hydrogen-bond acceptors (Lipinski definition) is 4. The SMILES string of the molecule is CCC(CO)(CO)NS(=O)(=O)NC(C)C. The van der Waals surface area contributed by atoms with Gasteiger partial charge >= 0.3 is 0 Å². The number of rotatable bonds is 7. The van der Waals surface area contributed by atoms with E-state index in [1.807, 2.05) is 0 Å². The Hall–Kier alpha value is -0.210. The third kappa shape index (κ3) is 4.89. The summed E-state index contributed by atoms with van der Waals surface area (Å²) in [4.78, 5) is 0. The summed E-state index contributed by atoms with van der Waals surface area (Å²) in [6.45, 7) is 4.16. The predicted molar refractivity (Wildman–Crippen MR) is 57.5 cm³/mol. The van der Waals surface area contributed by atoms with Crippen LogP contribution < -0.4 is 9.44 Å². The van der Waals surface area contributed by atoms with Gasteiger partial charge in [0.25, 0.3) is 10.2 Å². The van der Waals surface area contributed by atoms with Crippen molar-refractivity contribution < 1.29 is 18.6 Å². The minimum Gasteiger partial charge on any atom is -0.394 e. The second-order valence-electron chi connectivity index (χ2n) is 3.83. The molecule has 0 saturated heterocycles. The molecule has 6 nitrogen and oxygen atoms in total. The highest BCUT2D eigenvalue weighted by molar-refractivity contribution is 7.87. The molecule has 0 unspecified atom stereocenters. The molecule has 7 heteroatoms. The van der Waals surface area contributed by atoms with Crippen molar-refractivity contribution in [3.05, 3.63) is 0 Å². The quantitative estimate of drug-likeness (QED) is 0.456. The molecule has 0 aromatic heterocycles. The summed E-state index contributed by atoms with van der Waals surface area (Å²) in [6, 6.07) is -0.241. The van der Waals surface area contributed by atoms with Crippen LogP contribution in [0.5, 0.6) is 0 Å². The first kappa shape index (κ1) is 14.8. The van der Waals surface area contributed by atoms with Crippen LogP contribution in [0, 0.1) is 0 Å². The molecule has 0 bridgehead atoms. The van der Waals surface area contributed by atoms with Gasteiger partial charge in [-0.2, -0.15) is 17.9 Å². The Morgan fingerprint density at radius 1 is 1.27 bits per heavy atom. The fourth-order valence-corrected chi connectivity index (χ4v) is 2.56. The number of aliphatic hydroxyl groups excluding tert-OH is 2. The van der Waals surface area contributed by atoms with Gasteiger partial charge in [-0.15, -0.1) is 0 Å². The van der Waals surface area contributed by atoms with Gasteiger partial charge in [-0.05, 0) is 20.3 Å². The van der Waals surface area contributed by atoms with Crippen LogP contribution >= 0.6 is 0 Å². The molecule has 0 aliphatic rings. The van der Waals surface area contributed by atoms with Crippen LogP contribution in [0.15, 0.2) is 0 Å². The van der Waals surface area contributed by atoms with Gasteiger partial charge in [0.05, 0.1) is 18.8 Å². The molecule has 0 heterocycles. The molecule has 0 fully saturated rings. The normalized spacial score (nSPS) is 13.5. The second kappa shape index (κ2) is 5.76. The number of aliphatic hydroxyl groups is 2. The number of nitrogens with one attached hydrogen (secondary N) is 2. The van der Waals surface area contributed by atoms with E-state index in [1.165, 1.54) is 0 Å². The van der Waals surface area contributed by atoms with E-state index in [1.54, 1.807) is 20.8 Å². The maximum absolute atomic E-state index is 11.5. The van der Waals surface area contributed by atoms with Crippen molar-refractivity contribution in [2.75, 3.05) is 13.2 Å². The van der Waals surface area contributed by atoms with Crippen LogP contribution in [0.1, 0.15) is 27.2 Å². The van der Waals surface area contributed by atoms with Gasteiger partial charge in [0, 0.05) is 6.04 Å². The highest BCUT2D eigenvalue weighted by atomic mass is 32.2. The molecule has 92 valence electrons. The second-order valence-corrected chi connectivity index (χ2v) is 5.27. The van der Waals surface area contributed by atoms with E-state index in [0.717, 1.165) is 0 Å². The molecule has 0 aliphatic carbocycles. The Morgan fingerprint density at radius 2 is 1.73 bits per heavy atom. The molecule has 15 heavy (non-hydrogen) atoms. The summed E-state index contributed by atoms with van der Waals surface area (Å²) in [6.07, 6.45) is 0.305. The van der Waals surface area contributed by atoms with E-state index in [2.05, 4.69) is 9.44 Å². The molecule has 0 radical (unpaired) electrons. The van der Waals surface area contributed by atoms with Crippen LogP contribution in [0.2, 0.25) is 0 Å². The Labute approximate surface area is 90.9 Å². The van der Waals surface area contributed by atoms with Gasteiger partial charge in [-0.3, -0.25) is 0 Å². The molecule has 4 N–H and O–H groups in total. The maximum Gasteiger partial charge on any atom is 0.277 e. The van der Waals surface area contributed by atoms with Gasteiger partial charge < -0.3 is 10.2 Å². The fourth-order valence-electron chi connectivity index (χ4n) is 1.04. The molecule has 0 saturated carbocycles. The zero-order valence-corrected chi connectivity index (χ0v) is 10.1. The highest BCUT2D eigenvalue weighted by Crippen LogP contribution is 2.09. The van der Waals surface area contributed by atoms with Gasteiger partial charge in [0.1, 0.15) is 0 Å². The van der Waals surface area contributed by atoms with E-state index < -0.39 is 29.0 Å². The molecule has 0 aromatic carbocycles. The minimum absolute atomic E-state index is 0.241. The lowest BCUT2D eigenvalue weighted by molar-refractivity contribution is 0.105. The monoisotopic (exact) mass is 240 g/mol. The molecule has 0 amide bonds. The first-order chi connectivity index (χ1) is 6.81. The standard InChI is InChI=1S/C8H20N2O4S/c1-4-8(5-11,6-12)10-15(13,14)9-7(2)3/h7,9-12H,4-6H2,1-3H3. The predicted octanol–water partition coefficient (Wildman–Crippen LogP) is -1.05. The third-order valence-electron chi connectivity index (χ3n) is 2.02. The van der Waals surface area contributed by atoms with Crippen molar-refractivity contribution in [2.24, 2.45) is 0 Å².